The second-order valence-electron chi connectivity index (χ2n) is 4.33. The van der Waals surface area contributed by atoms with Gasteiger partial charge in [0.25, 0.3) is 5.69 Å². The first-order valence-corrected chi connectivity index (χ1v) is 7.55. The van der Waals surface area contributed by atoms with E-state index in [0.29, 0.717) is 0 Å². The van der Waals surface area contributed by atoms with Gasteiger partial charge in [0.05, 0.1) is 21.6 Å². The van der Waals surface area contributed by atoms with E-state index in [2.05, 4.69) is 5.16 Å². The molecule has 2 aromatic rings. The fraction of sp³-hybridized carbons (Fsp3) is 0.167. The quantitative estimate of drug-likeness (QED) is 0.477. The number of nitro groups is 1. The molecule has 1 aromatic carbocycles. The molecule has 0 aliphatic rings. The summed E-state index contributed by atoms with van der Waals surface area (Å²) in [6, 6.07) is 3.13. The molecule has 0 saturated heterocycles. The van der Waals surface area contributed by atoms with Gasteiger partial charge in [0.1, 0.15) is 11.3 Å². The number of carbonyl (C=O) groups is 1. The van der Waals surface area contributed by atoms with Crippen LogP contribution in [0.5, 0.6) is 0 Å². The first-order chi connectivity index (χ1) is 9.71. The van der Waals surface area contributed by atoms with E-state index in [9.17, 15) is 23.3 Å². The zero-order chi connectivity index (χ0) is 15.8. The van der Waals surface area contributed by atoms with Crippen LogP contribution >= 0.6 is 0 Å². The standard InChI is InChI=1S/C12H10N2O6S/c1-7-10(6-13-20-7)12(15)9-4-3-8(21(2,18)19)5-11(9)14(16)17/h3-6H,1-2H3. The van der Waals surface area contributed by atoms with Gasteiger partial charge in [0, 0.05) is 12.3 Å². The first kappa shape index (κ1) is 14.9. The molecule has 0 unspecified atom stereocenters. The van der Waals surface area contributed by atoms with Crippen LogP contribution < -0.4 is 0 Å². The third-order valence-corrected chi connectivity index (χ3v) is 3.94. The summed E-state index contributed by atoms with van der Waals surface area (Å²) in [6.45, 7) is 1.50. The van der Waals surface area contributed by atoms with E-state index in [-0.39, 0.29) is 21.8 Å². The molecule has 9 heteroatoms. The summed E-state index contributed by atoms with van der Waals surface area (Å²) >= 11 is 0. The number of nitro benzene ring substituents is 1. The van der Waals surface area contributed by atoms with Crippen LogP contribution in [0.1, 0.15) is 21.7 Å². The smallest absolute Gasteiger partial charge is 0.281 e. The minimum absolute atomic E-state index is 0.0882. The van der Waals surface area contributed by atoms with Crippen LogP contribution in [0.25, 0.3) is 0 Å². The van der Waals surface area contributed by atoms with Gasteiger partial charge in [-0.05, 0) is 19.1 Å². The molecule has 8 nitrogen and oxygen atoms in total. The first-order valence-electron chi connectivity index (χ1n) is 5.66. The van der Waals surface area contributed by atoms with Gasteiger partial charge in [-0.25, -0.2) is 8.42 Å². The Bertz CT molecular complexity index is 837. The minimum atomic E-state index is -3.61. The number of nitrogens with zero attached hydrogens (tertiary/aromatic N) is 2. The zero-order valence-electron chi connectivity index (χ0n) is 11.1. The van der Waals surface area contributed by atoms with Crippen LogP contribution in [0.3, 0.4) is 0 Å². The number of hydrogen-bond acceptors (Lipinski definition) is 7. The summed E-state index contributed by atoms with van der Waals surface area (Å²) in [5.41, 5.74) is -0.715. The van der Waals surface area contributed by atoms with Gasteiger partial charge in [0.2, 0.25) is 5.78 Å². The molecule has 0 radical (unpaired) electrons. The summed E-state index contributed by atoms with van der Waals surface area (Å²) in [7, 11) is -3.61. The molecule has 0 bridgehead atoms. The number of rotatable bonds is 4. The van der Waals surface area contributed by atoms with Gasteiger partial charge >= 0.3 is 0 Å². The second-order valence-corrected chi connectivity index (χ2v) is 6.35. The Morgan fingerprint density at radius 3 is 2.48 bits per heavy atom. The Labute approximate surface area is 119 Å². The van der Waals surface area contributed by atoms with Gasteiger partial charge in [-0.1, -0.05) is 5.16 Å². The Morgan fingerprint density at radius 1 is 1.33 bits per heavy atom. The monoisotopic (exact) mass is 310 g/mol. The molecule has 0 aliphatic carbocycles. The third kappa shape index (κ3) is 2.82. The molecular weight excluding hydrogens is 300 g/mol. The van der Waals surface area contributed by atoms with Crippen molar-refractivity contribution in [1.29, 1.82) is 0 Å². The van der Waals surface area contributed by atoms with Crippen molar-refractivity contribution in [1.82, 2.24) is 5.16 Å². The van der Waals surface area contributed by atoms with Gasteiger partial charge in [-0.2, -0.15) is 0 Å². The fourth-order valence-corrected chi connectivity index (χ4v) is 2.39. The summed E-state index contributed by atoms with van der Waals surface area (Å²) in [5, 5.41) is 14.5. The molecule has 1 heterocycles. The maximum absolute atomic E-state index is 12.3. The SMILES string of the molecule is Cc1oncc1C(=O)c1ccc(S(C)(=O)=O)cc1[N+](=O)[O-]. The van der Waals surface area contributed by atoms with Crippen molar-refractivity contribution in [2.45, 2.75) is 11.8 Å². The van der Waals surface area contributed by atoms with E-state index >= 15 is 0 Å². The molecule has 21 heavy (non-hydrogen) atoms. The maximum Gasteiger partial charge on any atom is 0.281 e. The van der Waals surface area contributed by atoms with E-state index < -0.39 is 26.2 Å². The van der Waals surface area contributed by atoms with Gasteiger partial charge < -0.3 is 4.52 Å². The molecule has 110 valence electrons. The lowest BCUT2D eigenvalue weighted by molar-refractivity contribution is -0.385. The van der Waals surface area contributed by atoms with E-state index in [1.165, 1.54) is 6.92 Å². The molecule has 0 N–H and O–H groups in total. The number of hydrogen-bond donors (Lipinski definition) is 0. The van der Waals surface area contributed by atoms with Crippen molar-refractivity contribution >= 4 is 21.3 Å². The average molecular weight is 310 g/mol. The highest BCUT2D eigenvalue weighted by Gasteiger charge is 2.26. The topological polar surface area (TPSA) is 120 Å². The average Bonchev–Trinajstić information content (AvgIpc) is 2.82. The largest absolute Gasteiger partial charge is 0.361 e. The summed E-state index contributed by atoms with van der Waals surface area (Å²) < 4.78 is 27.6. The van der Waals surface area contributed by atoms with Crippen molar-refractivity contribution in [3.63, 3.8) is 0 Å². The van der Waals surface area contributed by atoms with Crippen LogP contribution in [0.2, 0.25) is 0 Å². The van der Waals surface area contributed by atoms with Crippen LogP contribution in [-0.4, -0.2) is 30.5 Å². The number of aromatic nitrogens is 1. The maximum atomic E-state index is 12.3. The molecule has 0 atom stereocenters. The van der Waals surface area contributed by atoms with Gasteiger partial charge in [-0.3, -0.25) is 14.9 Å². The predicted molar refractivity (Wildman–Crippen MR) is 70.9 cm³/mol. The number of benzene rings is 1. The third-order valence-electron chi connectivity index (χ3n) is 2.83. The summed E-state index contributed by atoms with van der Waals surface area (Å²) in [5.74, 6) is -0.429. The normalized spacial score (nSPS) is 11.3. The van der Waals surface area contributed by atoms with Crippen LogP contribution in [-0.2, 0) is 9.84 Å². The highest BCUT2D eigenvalue weighted by Crippen LogP contribution is 2.26. The second kappa shape index (κ2) is 5.09. The van der Waals surface area contributed by atoms with Crippen LogP contribution in [0, 0.1) is 17.0 Å². The van der Waals surface area contributed by atoms with Gasteiger partial charge in [0.15, 0.2) is 9.84 Å². The van der Waals surface area contributed by atoms with Crippen LogP contribution in [0.15, 0.2) is 33.8 Å². The summed E-state index contributed by atoms with van der Waals surface area (Å²) in [6.07, 6.45) is 2.09. The molecule has 0 aliphatic heterocycles. The molecule has 0 amide bonds. The van der Waals surface area contributed by atoms with Gasteiger partial charge in [-0.15, -0.1) is 0 Å². The van der Waals surface area contributed by atoms with E-state index in [4.69, 9.17) is 4.52 Å². The highest BCUT2D eigenvalue weighted by atomic mass is 32.2. The molecule has 2 rings (SSSR count). The zero-order valence-corrected chi connectivity index (χ0v) is 11.9. The highest BCUT2D eigenvalue weighted by molar-refractivity contribution is 7.90. The number of carbonyl (C=O) groups excluding carboxylic acids is 1. The number of ketones is 1. The lowest BCUT2D eigenvalue weighted by atomic mass is 10.0. The van der Waals surface area contributed by atoms with E-state index in [1.54, 1.807) is 0 Å². The van der Waals surface area contributed by atoms with Crippen molar-refractivity contribution < 1.29 is 22.7 Å². The Balaban J connectivity index is 2.62. The minimum Gasteiger partial charge on any atom is -0.361 e. The molecule has 0 saturated carbocycles. The lowest BCUT2D eigenvalue weighted by Gasteiger charge is -2.03. The fourth-order valence-electron chi connectivity index (χ4n) is 1.75. The van der Waals surface area contributed by atoms with Crippen molar-refractivity contribution in [2.75, 3.05) is 6.26 Å². The predicted octanol–water partition coefficient (Wildman–Crippen LogP) is 1.53. The Morgan fingerprint density at radius 2 is 2.00 bits per heavy atom. The van der Waals surface area contributed by atoms with E-state index in [0.717, 1.165) is 30.7 Å². The van der Waals surface area contributed by atoms with Crippen molar-refractivity contribution in [3.8, 4) is 0 Å². The van der Waals surface area contributed by atoms with E-state index in [1.807, 2.05) is 0 Å². The Hall–Kier alpha value is -2.55. The van der Waals surface area contributed by atoms with Crippen LogP contribution in [0.4, 0.5) is 5.69 Å². The molecule has 0 fully saturated rings. The molecule has 1 aromatic heterocycles. The number of sulfone groups is 1. The Kier molecular flexibility index (Phi) is 3.60. The lowest BCUT2D eigenvalue weighted by Crippen LogP contribution is -2.07. The summed E-state index contributed by atoms with van der Waals surface area (Å²) in [4.78, 5) is 22.3. The molecular formula is C12H10N2O6S. The number of aryl methyl sites for hydroxylation is 1. The molecule has 0 spiro atoms. The van der Waals surface area contributed by atoms with Crippen molar-refractivity contribution in [2.24, 2.45) is 0 Å². The van der Waals surface area contributed by atoms with Crippen molar-refractivity contribution in [3.05, 3.63) is 51.4 Å².